The van der Waals surface area contributed by atoms with E-state index in [0.29, 0.717) is 13.1 Å². The van der Waals surface area contributed by atoms with E-state index in [9.17, 15) is 9.59 Å². The van der Waals surface area contributed by atoms with Gasteiger partial charge >= 0.3 is 6.03 Å². The highest BCUT2D eigenvalue weighted by Crippen LogP contribution is 2.23. The summed E-state index contributed by atoms with van der Waals surface area (Å²) < 4.78 is 0. The van der Waals surface area contributed by atoms with Gasteiger partial charge in [0.05, 0.1) is 24.5 Å². The van der Waals surface area contributed by atoms with E-state index < -0.39 is 0 Å². The Kier molecular flexibility index (Phi) is 4.08. The van der Waals surface area contributed by atoms with Crippen LogP contribution in [0.25, 0.3) is 0 Å². The van der Waals surface area contributed by atoms with Crippen molar-refractivity contribution >= 4 is 12.4 Å². The normalized spacial score (nSPS) is 16.8. The second-order valence-electron chi connectivity index (χ2n) is 7.00. The summed E-state index contributed by atoms with van der Waals surface area (Å²) in [6.45, 7) is 10.6. The largest absolute Gasteiger partial charge is 0.334 e. The standard InChI is InChI=1S/C15H23N5O2/c1-14(2,3)19(10-21)8-11-6-7-12(18-17-11)9-20-13(22)16-15(20,4)5/h6-7,10H,8-9H2,1-5H3,(H,16,22). The molecule has 2 heterocycles. The second kappa shape index (κ2) is 5.55. The highest BCUT2D eigenvalue weighted by molar-refractivity contribution is 5.81. The van der Waals surface area contributed by atoms with Gasteiger partial charge < -0.3 is 10.2 Å². The van der Waals surface area contributed by atoms with Crippen LogP contribution < -0.4 is 5.32 Å². The van der Waals surface area contributed by atoms with Crippen molar-refractivity contribution in [1.82, 2.24) is 25.3 Å². The molecule has 0 spiro atoms. The van der Waals surface area contributed by atoms with E-state index in [2.05, 4.69) is 15.5 Å². The van der Waals surface area contributed by atoms with Crippen molar-refractivity contribution < 1.29 is 9.59 Å². The Balaban J connectivity index is 2.02. The van der Waals surface area contributed by atoms with Gasteiger partial charge in [-0.3, -0.25) is 9.69 Å². The lowest BCUT2D eigenvalue weighted by Crippen LogP contribution is -2.72. The SMILES string of the molecule is CC(C)(C)N(C=O)Cc1ccc(CN2C(=O)NC2(C)C)nn1. The maximum absolute atomic E-state index is 11.5. The van der Waals surface area contributed by atoms with Gasteiger partial charge in [-0.25, -0.2) is 4.79 Å². The Bertz CT molecular complexity index is 529. The molecule has 1 aromatic rings. The van der Waals surface area contributed by atoms with Crippen LogP contribution in [-0.2, 0) is 17.9 Å². The van der Waals surface area contributed by atoms with Gasteiger partial charge in [0.15, 0.2) is 0 Å². The molecule has 1 aromatic heterocycles. The van der Waals surface area contributed by atoms with Crippen molar-refractivity contribution in [3.63, 3.8) is 0 Å². The molecule has 1 aliphatic heterocycles. The summed E-state index contributed by atoms with van der Waals surface area (Å²) in [6, 6.07) is 3.58. The van der Waals surface area contributed by atoms with Crippen molar-refractivity contribution in [3.05, 3.63) is 23.5 Å². The van der Waals surface area contributed by atoms with Crippen LogP contribution in [0.4, 0.5) is 4.79 Å². The molecule has 3 amide bonds. The summed E-state index contributed by atoms with van der Waals surface area (Å²) >= 11 is 0. The third-order valence-electron chi connectivity index (χ3n) is 3.75. The quantitative estimate of drug-likeness (QED) is 0.836. The van der Waals surface area contributed by atoms with Gasteiger partial charge in [-0.05, 0) is 46.8 Å². The minimum absolute atomic E-state index is 0.101. The minimum atomic E-state index is -0.349. The lowest BCUT2D eigenvalue weighted by molar-refractivity contribution is -0.123. The summed E-state index contributed by atoms with van der Waals surface area (Å²) in [5, 5.41) is 11.1. The van der Waals surface area contributed by atoms with Gasteiger partial charge in [0, 0.05) is 5.54 Å². The molecule has 0 bridgehead atoms. The van der Waals surface area contributed by atoms with E-state index in [4.69, 9.17) is 0 Å². The van der Waals surface area contributed by atoms with Gasteiger partial charge in [0.25, 0.3) is 0 Å². The summed E-state index contributed by atoms with van der Waals surface area (Å²) in [5.41, 5.74) is 0.831. The highest BCUT2D eigenvalue weighted by atomic mass is 16.2. The first-order chi connectivity index (χ1) is 10.1. The molecule has 1 N–H and O–H groups in total. The van der Waals surface area contributed by atoms with Gasteiger partial charge in [0.2, 0.25) is 6.41 Å². The molecular weight excluding hydrogens is 282 g/mol. The zero-order chi connectivity index (χ0) is 16.5. The number of nitrogens with one attached hydrogen (secondary N) is 1. The lowest BCUT2D eigenvalue weighted by Gasteiger charge is -2.48. The first-order valence-corrected chi connectivity index (χ1v) is 7.27. The predicted octanol–water partition coefficient (Wildman–Crippen LogP) is 1.49. The average Bonchev–Trinajstić information content (AvgIpc) is 2.41. The zero-order valence-electron chi connectivity index (χ0n) is 13.8. The Morgan fingerprint density at radius 3 is 2.27 bits per heavy atom. The molecular formula is C15H23N5O2. The molecule has 120 valence electrons. The molecule has 1 saturated heterocycles. The van der Waals surface area contributed by atoms with E-state index in [0.717, 1.165) is 17.8 Å². The van der Waals surface area contributed by atoms with E-state index in [-0.39, 0.29) is 17.2 Å². The van der Waals surface area contributed by atoms with Gasteiger partial charge in [0.1, 0.15) is 5.66 Å². The Morgan fingerprint density at radius 2 is 1.86 bits per heavy atom. The molecule has 0 aliphatic carbocycles. The van der Waals surface area contributed by atoms with Crippen LogP contribution in [0.1, 0.15) is 46.0 Å². The number of hydrogen-bond donors (Lipinski definition) is 1. The van der Waals surface area contributed by atoms with Crippen LogP contribution in [0.2, 0.25) is 0 Å². The highest BCUT2D eigenvalue weighted by Gasteiger charge is 2.42. The summed E-state index contributed by atoms with van der Waals surface area (Å²) in [6.07, 6.45) is 0.822. The number of aromatic nitrogens is 2. The molecule has 1 fully saturated rings. The fourth-order valence-corrected chi connectivity index (χ4v) is 2.19. The Labute approximate surface area is 130 Å². The van der Waals surface area contributed by atoms with Crippen molar-refractivity contribution in [2.24, 2.45) is 0 Å². The van der Waals surface area contributed by atoms with Crippen LogP contribution in [0, 0.1) is 0 Å². The molecule has 0 unspecified atom stereocenters. The third kappa shape index (κ3) is 3.35. The molecule has 1 aliphatic rings. The molecule has 0 atom stereocenters. The molecule has 0 saturated carbocycles. The van der Waals surface area contributed by atoms with Gasteiger partial charge in [-0.2, -0.15) is 10.2 Å². The van der Waals surface area contributed by atoms with Crippen molar-refractivity contribution in [2.45, 2.75) is 58.9 Å². The number of hydrogen-bond acceptors (Lipinski definition) is 4. The lowest BCUT2D eigenvalue weighted by atomic mass is 10.1. The van der Waals surface area contributed by atoms with E-state index >= 15 is 0 Å². The maximum Gasteiger partial charge on any atom is 0.321 e. The van der Waals surface area contributed by atoms with Crippen molar-refractivity contribution in [2.75, 3.05) is 0 Å². The topological polar surface area (TPSA) is 78.4 Å². The van der Waals surface area contributed by atoms with Gasteiger partial charge in [-0.15, -0.1) is 0 Å². The van der Waals surface area contributed by atoms with Gasteiger partial charge in [-0.1, -0.05) is 0 Å². The van der Waals surface area contributed by atoms with E-state index in [1.54, 1.807) is 9.80 Å². The maximum atomic E-state index is 11.5. The Morgan fingerprint density at radius 1 is 1.27 bits per heavy atom. The number of amides is 3. The van der Waals surface area contributed by atoms with E-state index in [1.165, 1.54) is 0 Å². The number of rotatable bonds is 5. The zero-order valence-corrected chi connectivity index (χ0v) is 13.8. The molecule has 22 heavy (non-hydrogen) atoms. The predicted molar refractivity (Wildman–Crippen MR) is 81.5 cm³/mol. The van der Waals surface area contributed by atoms with Crippen LogP contribution in [0.3, 0.4) is 0 Å². The van der Waals surface area contributed by atoms with Crippen molar-refractivity contribution in [3.8, 4) is 0 Å². The fraction of sp³-hybridized carbons (Fsp3) is 0.600. The number of nitrogens with zero attached hydrogens (tertiary/aromatic N) is 4. The number of carbonyl (C=O) groups is 2. The molecule has 7 heteroatoms. The second-order valence-corrected chi connectivity index (χ2v) is 7.00. The summed E-state index contributed by atoms with van der Waals surface area (Å²) in [5.74, 6) is 0. The summed E-state index contributed by atoms with van der Waals surface area (Å²) in [7, 11) is 0. The van der Waals surface area contributed by atoms with E-state index in [1.807, 2.05) is 46.8 Å². The average molecular weight is 305 g/mol. The van der Waals surface area contributed by atoms with Crippen LogP contribution in [0.15, 0.2) is 12.1 Å². The molecule has 2 rings (SSSR count). The first kappa shape index (κ1) is 16.2. The molecule has 7 nitrogen and oxygen atoms in total. The Hall–Kier alpha value is -2.18. The van der Waals surface area contributed by atoms with Crippen LogP contribution >= 0.6 is 0 Å². The first-order valence-electron chi connectivity index (χ1n) is 7.27. The fourth-order valence-electron chi connectivity index (χ4n) is 2.19. The molecule has 0 aromatic carbocycles. The van der Waals surface area contributed by atoms with Crippen LogP contribution in [-0.4, -0.2) is 43.6 Å². The van der Waals surface area contributed by atoms with Crippen LogP contribution in [0.5, 0.6) is 0 Å². The molecule has 0 radical (unpaired) electrons. The number of carbonyl (C=O) groups excluding carboxylic acids is 2. The third-order valence-corrected chi connectivity index (χ3v) is 3.75. The monoisotopic (exact) mass is 305 g/mol. The summed E-state index contributed by atoms with van der Waals surface area (Å²) in [4.78, 5) is 26.0. The van der Waals surface area contributed by atoms with Crippen molar-refractivity contribution in [1.29, 1.82) is 0 Å². The minimum Gasteiger partial charge on any atom is -0.334 e. The number of urea groups is 1. The smallest absolute Gasteiger partial charge is 0.321 e.